The van der Waals surface area contributed by atoms with E-state index in [2.05, 4.69) is 5.32 Å². The minimum Gasteiger partial charge on any atom is -0.384 e. The molecule has 1 heterocycles. The van der Waals surface area contributed by atoms with Crippen LogP contribution in [0.15, 0.2) is 30.3 Å². The highest BCUT2D eigenvalue weighted by molar-refractivity contribution is 5.23. The Morgan fingerprint density at radius 3 is 2.64 bits per heavy atom. The highest BCUT2D eigenvalue weighted by Crippen LogP contribution is 2.28. The molecule has 0 bridgehead atoms. The summed E-state index contributed by atoms with van der Waals surface area (Å²) < 4.78 is 0. The molecule has 0 aliphatic carbocycles. The third-order valence-corrected chi connectivity index (χ3v) is 3.10. The second-order valence-corrected chi connectivity index (χ2v) is 4.16. The quantitative estimate of drug-likeness (QED) is 0.745. The Hall–Kier alpha value is -0.860. The second kappa shape index (κ2) is 3.71. The van der Waals surface area contributed by atoms with E-state index in [1.54, 1.807) is 0 Å². The van der Waals surface area contributed by atoms with Gasteiger partial charge in [0.25, 0.3) is 0 Å². The van der Waals surface area contributed by atoms with Gasteiger partial charge in [-0.3, -0.25) is 0 Å². The van der Waals surface area contributed by atoms with E-state index in [0.717, 1.165) is 24.9 Å². The number of rotatable bonds is 2. The molecule has 14 heavy (non-hydrogen) atoms. The number of hydrogen-bond donors (Lipinski definition) is 2. The molecule has 0 spiro atoms. The Morgan fingerprint density at radius 2 is 2.07 bits per heavy atom. The van der Waals surface area contributed by atoms with Crippen LogP contribution in [-0.2, 0) is 5.60 Å². The predicted octanol–water partition coefficient (Wildman–Crippen LogP) is 1.65. The summed E-state index contributed by atoms with van der Waals surface area (Å²) in [7, 11) is 0. The average molecular weight is 191 g/mol. The Labute approximate surface area is 85.0 Å². The van der Waals surface area contributed by atoms with Crippen LogP contribution in [0.25, 0.3) is 0 Å². The highest BCUT2D eigenvalue weighted by atomic mass is 16.3. The molecular weight excluding hydrogens is 174 g/mol. The summed E-state index contributed by atoms with van der Waals surface area (Å²) in [4.78, 5) is 0. The molecule has 2 N–H and O–H groups in total. The molecule has 0 aromatic heterocycles. The van der Waals surface area contributed by atoms with Crippen LogP contribution in [0.2, 0.25) is 0 Å². The van der Waals surface area contributed by atoms with Crippen molar-refractivity contribution in [2.45, 2.75) is 31.4 Å². The van der Waals surface area contributed by atoms with E-state index in [1.165, 1.54) is 0 Å². The van der Waals surface area contributed by atoms with E-state index in [9.17, 15) is 5.11 Å². The summed E-state index contributed by atoms with van der Waals surface area (Å²) in [5, 5.41) is 13.8. The van der Waals surface area contributed by atoms with Crippen molar-refractivity contribution in [3.8, 4) is 0 Å². The Morgan fingerprint density at radius 1 is 1.36 bits per heavy atom. The Balaban J connectivity index is 2.22. The van der Waals surface area contributed by atoms with Crippen molar-refractivity contribution in [2.24, 2.45) is 0 Å². The molecular formula is C12H17NO. The van der Waals surface area contributed by atoms with Crippen LogP contribution in [-0.4, -0.2) is 17.7 Å². The summed E-state index contributed by atoms with van der Waals surface area (Å²) >= 11 is 0. The van der Waals surface area contributed by atoms with Gasteiger partial charge >= 0.3 is 0 Å². The Bertz CT molecular complexity index is 288. The van der Waals surface area contributed by atoms with Gasteiger partial charge in [-0.15, -0.1) is 0 Å². The fraction of sp³-hybridized carbons (Fsp3) is 0.500. The molecule has 2 unspecified atom stereocenters. The molecule has 1 aromatic carbocycles. The maximum atomic E-state index is 10.4. The summed E-state index contributed by atoms with van der Waals surface area (Å²) in [6, 6.07) is 10.1. The first-order valence-corrected chi connectivity index (χ1v) is 5.22. The highest BCUT2D eigenvalue weighted by Gasteiger charge is 2.34. The van der Waals surface area contributed by atoms with E-state index >= 15 is 0 Å². The largest absolute Gasteiger partial charge is 0.384 e. The van der Waals surface area contributed by atoms with Crippen LogP contribution in [0.5, 0.6) is 0 Å². The molecule has 2 rings (SSSR count). The molecule has 1 aromatic rings. The fourth-order valence-corrected chi connectivity index (χ4v) is 2.14. The van der Waals surface area contributed by atoms with Gasteiger partial charge < -0.3 is 10.4 Å². The smallest absolute Gasteiger partial charge is 0.102 e. The standard InChI is InChI=1S/C12H17NO/c1-12(14,11-8-5-9-13-11)10-6-3-2-4-7-10/h2-4,6-7,11,13-14H,5,8-9H2,1H3. The first-order valence-electron chi connectivity index (χ1n) is 5.22. The molecule has 1 saturated heterocycles. The average Bonchev–Trinajstić information content (AvgIpc) is 2.72. The summed E-state index contributed by atoms with van der Waals surface area (Å²) in [6.45, 7) is 2.92. The van der Waals surface area contributed by atoms with Gasteiger partial charge in [-0.1, -0.05) is 30.3 Å². The molecule has 1 aliphatic rings. The summed E-state index contributed by atoms with van der Waals surface area (Å²) in [5.41, 5.74) is 0.261. The van der Waals surface area contributed by atoms with Crippen molar-refractivity contribution >= 4 is 0 Å². The van der Waals surface area contributed by atoms with Gasteiger partial charge in [0.2, 0.25) is 0 Å². The zero-order chi connectivity index (χ0) is 10.0. The minimum atomic E-state index is -0.738. The molecule has 0 saturated carbocycles. The van der Waals surface area contributed by atoms with Crippen LogP contribution in [0, 0.1) is 0 Å². The van der Waals surface area contributed by atoms with Gasteiger partial charge in [-0.25, -0.2) is 0 Å². The van der Waals surface area contributed by atoms with Crippen molar-refractivity contribution in [3.63, 3.8) is 0 Å². The minimum absolute atomic E-state index is 0.199. The van der Waals surface area contributed by atoms with Crippen molar-refractivity contribution < 1.29 is 5.11 Å². The van der Waals surface area contributed by atoms with Crippen LogP contribution in [0.3, 0.4) is 0 Å². The van der Waals surface area contributed by atoms with Gasteiger partial charge in [0.15, 0.2) is 0 Å². The lowest BCUT2D eigenvalue weighted by Crippen LogP contribution is -2.42. The molecule has 0 radical (unpaired) electrons. The summed E-state index contributed by atoms with van der Waals surface area (Å²) in [6.07, 6.45) is 2.22. The zero-order valence-corrected chi connectivity index (χ0v) is 8.53. The van der Waals surface area contributed by atoms with E-state index in [-0.39, 0.29) is 6.04 Å². The van der Waals surface area contributed by atoms with Crippen molar-refractivity contribution in [1.29, 1.82) is 0 Å². The lowest BCUT2D eigenvalue weighted by atomic mass is 9.87. The molecule has 2 nitrogen and oxygen atoms in total. The van der Waals surface area contributed by atoms with Gasteiger partial charge in [0.1, 0.15) is 5.60 Å². The molecule has 1 aliphatic heterocycles. The molecule has 2 heteroatoms. The Kier molecular flexibility index (Phi) is 2.57. The van der Waals surface area contributed by atoms with E-state index in [4.69, 9.17) is 0 Å². The SMILES string of the molecule is CC(O)(c1ccccc1)C1CCCN1. The molecule has 2 atom stereocenters. The van der Waals surface area contributed by atoms with E-state index < -0.39 is 5.60 Å². The third-order valence-electron chi connectivity index (χ3n) is 3.10. The maximum absolute atomic E-state index is 10.4. The number of aliphatic hydroxyl groups is 1. The van der Waals surface area contributed by atoms with E-state index in [1.807, 2.05) is 37.3 Å². The summed E-state index contributed by atoms with van der Waals surface area (Å²) in [5.74, 6) is 0. The van der Waals surface area contributed by atoms with Gasteiger partial charge in [0, 0.05) is 6.04 Å². The fourth-order valence-electron chi connectivity index (χ4n) is 2.14. The van der Waals surface area contributed by atoms with E-state index in [0.29, 0.717) is 0 Å². The lowest BCUT2D eigenvalue weighted by molar-refractivity contribution is 0.0218. The van der Waals surface area contributed by atoms with Crippen molar-refractivity contribution in [2.75, 3.05) is 6.54 Å². The molecule has 0 amide bonds. The predicted molar refractivity (Wildman–Crippen MR) is 57.0 cm³/mol. The topological polar surface area (TPSA) is 32.3 Å². The number of nitrogens with one attached hydrogen (secondary N) is 1. The lowest BCUT2D eigenvalue weighted by Gasteiger charge is -2.30. The third kappa shape index (κ3) is 1.68. The van der Waals surface area contributed by atoms with Gasteiger partial charge in [-0.05, 0) is 31.9 Å². The van der Waals surface area contributed by atoms with Crippen LogP contribution in [0.4, 0.5) is 0 Å². The van der Waals surface area contributed by atoms with Gasteiger partial charge in [0.05, 0.1) is 0 Å². The molecule has 76 valence electrons. The maximum Gasteiger partial charge on any atom is 0.102 e. The first-order chi connectivity index (χ1) is 6.71. The van der Waals surface area contributed by atoms with Crippen LogP contribution in [0.1, 0.15) is 25.3 Å². The number of hydrogen-bond acceptors (Lipinski definition) is 2. The monoisotopic (exact) mass is 191 g/mol. The van der Waals surface area contributed by atoms with Gasteiger partial charge in [-0.2, -0.15) is 0 Å². The normalized spacial score (nSPS) is 26.0. The van der Waals surface area contributed by atoms with Crippen LogP contribution < -0.4 is 5.32 Å². The zero-order valence-electron chi connectivity index (χ0n) is 8.53. The second-order valence-electron chi connectivity index (χ2n) is 4.16. The van der Waals surface area contributed by atoms with Crippen LogP contribution >= 0.6 is 0 Å². The van der Waals surface area contributed by atoms with Crippen molar-refractivity contribution in [3.05, 3.63) is 35.9 Å². The molecule has 1 fully saturated rings. The first kappa shape index (κ1) is 9.69. The number of benzene rings is 1. The van der Waals surface area contributed by atoms with Crippen molar-refractivity contribution in [1.82, 2.24) is 5.32 Å².